The zero-order valence-electron chi connectivity index (χ0n) is 15.4. The van der Waals surface area contributed by atoms with Crippen molar-refractivity contribution in [1.82, 2.24) is 10.2 Å². The summed E-state index contributed by atoms with van der Waals surface area (Å²) in [6, 6.07) is 15.7. The summed E-state index contributed by atoms with van der Waals surface area (Å²) < 4.78 is 22.0. The van der Waals surface area contributed by atoms with E-state index >= 15 is 0 Å². The number of hydrogen-bond acceptors (Lipinski definition) is 6. The summed E-state index contributed by atoms with van der Waals surface area (Å²) in [5, 5.41) is 22.1. The van der Waals surface area contributed by atoms with E-state index in [1.807, 2.05) is 36.4 Å². The van der Waals surface area contributed by atoms with Crippen molar-refractivity contribution in [2.24, 2.45) is 5.92 Å². The smallest absolute Gasteiger partial charge is 0.186 e. The van der Waals surface area contributed by atoms with Crippen LogP contribution in [0.15, 0.2) is 42.5 Å². The van der Waals surface area contributed by atoms with Gasteiger partial charge in [-0.15, -0.1) is 10.2 Å². The SMILES string of the molecule is C[C@@H](Nc1c(C#N)nnc2cc(-c3cccc(CS(=O)[O-])c3)ccc12)C1CC1. The number of anilines is 1. The van der Waals surface area contributed by atoms with Gasteiger partial charge in [0.2, 0.25) is 0 Å². The second-order valence-electron chi connectivity index (χ2n) is 7.19. The maximum absolute atomic E-state index is 11.0. The fourth-order valence-corrected chi connectivity index (χ4v) is 3.88. The van der Waals surface area contributed by atoms with E-state index in [2.05, 4.69) is 28.5 Å². The van der Waals surface area contributed by atoms with E-state index in [4.69, 9.17) is 0 Å². The number of nitriles is 1. The van der Waals surface area contributed by atoms with Crippen molar-refractivity contribution in [2.75, 3.05) is 5.32 Å². The van der Waals surface area contributed by atoms with E-state index in [1.165, 1.54) is 12.8 Å². The van der Waals surface area contributed by atoms with E-state index in [0.29, 0.717) is 17.1 Å². The minimum atomic E-state index is -2.13. The summed E-state index contributed by atoms with van der Waals surface area (Å²) in [5.41, 5.74) is 4.29. The molecule has 0 amide bonds. The highest BCUT2D eigenvalue weighted by atomic mass is 32.2. The van der Waals surface area contributed by atoms with Crippen molar-refractivity contribution in [3.05, 3.63) is 53.7 Å². The third-order valence-corrected chi connectivity index (χ3v) is 5.68. The number of benzene rings is 2. The first-order valence-electron chi connectivity index (χ1n) is 9.17. The third-order valence-electron chi connectivity index (χ3n) is 5.11. The Labute approximate surface area is 165 Å². The van der Waals surface area contributed by atoms with Gasteiger partial charge < -0.3 is 9.87 Å². The highest BCUT2D eigenvalue weighted by Gasteiger charge is 2.29. The Bertz CT molecular complexity index is 1110. The largest absolute Gasteiger partial charge is 0.772 e. The average Bonchev–Trinajstić information content (AvgIpc) is 3.53. The van der Waals surface area contributed by atoms with Crippen LogP contribution >= 0.6 is 0 Å². The predicted octanol–water partition coefficient (Wildman–Crippen LogP) is 3.76. The molecule has 0 radical (unpaired) electrons. The Kier molecular flexibility index (Phi) is 5.07. The first kappa shape index (κ1) is 18.5. The minimum absolute atomic E-state index is 0.0140. The van der Waals surface area contributed by atoms with E-state index in [0.717, 1.165) is 27.8 Å². The predicted molar refractivity (Wildman–Crippen MR) is 108 cm³/mol. The summed E-state index contributed by atoms with van der Waals surface area (Å²) in [7, 11) is 0. The second kappa shape index (κ2) is 7.66. The maximum Gasteiger partial charge on any atom is 0.186 e. The number of aromatic nitrogens is 2. The van der Waals surface area contributed by atoms with Crippen LogP contribution in [-0.4, -0.2) is 25.0 Å². The van der Waals surface area contributed by atoms with E-state index in [-0.39, 0.29) is 11.8 Å². The Morgan fingerprint density at radius 3 is 2.75 bits per heavy atom. The van der Waals surface area contributed by atoms with Crippen LogP contribution in [0.1, 0.15) is 31.0 Å². The molecule has 6 nitrogen and oxygen atoms in total. The molecule has 2 aromatic carbocycles. The van der Waals surface area contributed by atoms with Gasteiger partial charge in [-0.05, 0) is 54.5 Å². The lowest BCUT2D eigenvalue weighted by Crippen LogP contribution is -2.19. The van der Waals surface area contributed by atoms with Gasteiger partial charge >= 0.3 is 0 Å². The van der Waals surface area contributed by atoms with Gasteiger partial charge in [-0.25, -0.2) is 0 Å². The highest BCUT2D eigenvalue weighted by molar-refractivity contribution is 7.78. The number of rotatable bonds is 6. The van der Waals surface area contributed by atoms with Gasteiger partial charge in [0.25, 0.3) is 0 Å². The lowest BCUT2D eigenvalue weighted by atomic mass is 10.0. The van der Waals surface area contributed by atoms with Crippen LogP contribution in [0.2, 0.25) is 0 Å². The molecule has 2 atom stereocenters. The fraction of sp³-hybridized carbons (Fsp3) is 0.286. The van der Waals surface area contributed by atoms with Crippen molar-refractivity contribution in [1.29, 1.82) is 5.26 Å². The van der Waals surface area contributed by atoms with Crippen molar-refractivity contribution >= 4 is 27.7 Å². The molecular formula is C21H19N4O2S-. The van der Waals surface area contributed by atoms with Gasteiger partial charge in [0.05, 0.1) is 11.2 Å². The Hall–Kier alpha value is -2.82. The molecule has 0 bridgehead atoms. The number of nitrogens with one attached hydrogen (secondary N) is 1. The quantitative estimate of drug-likeness (QED) is 0.642. The minimum Gasteiger partial charge on any atom is -0.772 e. The third kappa shape index (κ3) is 3.88. The van der Waals surface area contributed by atoms with E-state index in [9.17, 15) is 14.0 Å². The monoisotopic (exact) mass is 391 g/mol. The summed E-state index contributed by atoms with van der Waals surface area (Å²) in [5.74, 6) is 0.628. The van der Waals surface area contributed by atoms with Gasteiger partial charge in [-0.1, -0.05) is 41.4 Å². The van der Waals surface area contributed by atoms with Crippen molar-refractivity contribution in [3.8, 4) is 17.2 Å². The molecule has 1 N–H and O–H groups in total. The summed E-state index contributed by atoms with van der Waals surface area (Å²) in [4.78, 5) is 0. The maximum atomic E-state index is 11.0. The molecule has 1 aliphatic rings. The molecular weight excluding hydrogens is 372 g/mol. The first-order chi connectivity index (χ1) is 13.5. The van der Waals surface area contributed by atoms with Crippen LogP contribution in [-0.2, 0) is 16.8 Å². The number of nitrogens with zero attached hydrogens (tertiary/aromatic N) is 3. The molecule has 7 heteroatoms. The van der Waals surface area contributed by atoms with Crippen LogP contribution in [0.3, 0.4) is 0 Å². The molecule has 0 aliphatic heterocycles. The molecule has 1 saturated carbocycles. The molecule has 3 aromatic rings. The molecule has 1 aromatic heterocycles. The van der Waals surface area contributed by atoms with Crippen LogP contribution in [0.5, 0.6) is 0 Å². The zero-order chi connectivity index (χ0) is 19.7. The molecule has 1 aliphatic carbocycles. The molecule has 0 saturated heterocycles. The average molecular weight is 391 g/mol. The number of hydrogen-bond donors (Lipinski definition) is 1. The van der Waals surface area contributed by atoms with Gasteiger partial charge in [0.1, 0.15) is 6.07 Å². The highest BCUT2D eigenvalue weighted by Crippen LogP contribution is 2.36. The molecule has 1 heterocycles. The molecule has 142 valence electrons. The van der Waals surface area contributed by atoms with Crippen LogP contribution in [0.4, 0.5) is 5.69 Å². The van der Waals surface area contributed by atoms with E-state index in [1.54, 1.807) is 6.07 Å². The first-order valence-corrected chi connectivity index (χ1v) is 10.4. The van der Waals surface area contributed by atoms with Gasteiger partial charge in [0, 0.05) is 17.2 Å². The molecule has 1 fully saturated rings. The molecule has 28 heavy (non-hydrogen) atoms. The normalized spacial score (nSPS) is 15.8. The standard InChI is InChI=1S/C21H20N4O2S/c1-13(15-5-6-15)23-21-18-8-7-17(10-19(18)24-25-20(21)11-22)16-4-2-3-14(9-16)12-28(26)27/h2-4,7-10,13,15H,5-6,12H2,1H3,(H,23,24)(H,26,27)/p-1/t13-/m1/s1. The summed E-state index contributed by atoms with van der Waals surface area (Å²) >= 11 is -2.13. The van der Waals surface area contributed by atoms with Crippen molar-refractivity contribution < 1.29 is 8.76 Å². The van der Waals surface area contributed by atoms with Crippen LogP contribution in [0, 0.1) is 17.2 Å². The topological polar surface area (TPSA) is 102 Å². The van der Waals surface area contributed by atoms with E-state index < -0.39 is 11.1 Å². The van der Waals surface area contributed by atoms with Crippen LogP contribution < -0.4 is 5.32 Å². The Morgan fingerprint density at radius 2 is 2.04 bits per heavy atom. The Morgan fingerprint density at radius 1 is 1.25 bits per heavy atom. The van der Waals surface area contributed by atoms with Gasteiger partial charge in [0.15, 0.2) is 5.69 Å². The van der Waals surface area contributed by atoms with Crippen molar-refractivity contribution in [2.45, 2.75) is 31.6 Å². The van der Waals surface area contributed by atoms with Gasteiger partial charge in [-0.2, -0.15) is 5.26 Å². The Balaban J connectivity index is 1.73. The molecule has 1 unspecified atom stereocenters. The summed E-state index contributed by atoms with van der Waals surface area (Å²) in [6.45, 7) is 2.13. The molecule has 4 rings (SSSR count). The van der Waals surface area contributed by atoms with Crippen LogP contribution in [0.25, 0.3) is 22.0 Å². The number of fused-ring (bicyclic) bond motifs is 1. The fourth-order valence-electron chi connectivity index (χ4n) is 3.43. The molecule has 0 spiro atoms. The lowest BCUT2D eigenvalue weighted by Gasteiger charge is -2.17. The second-order valence-corrected chi connectivity index (χ2v) is 8.08. The summed E-state index contributed by atoms with van der Waals surface area (Å²) in [6.07, 6.45) is 2.42. The van der Waals surface area contributed by atoms with Gasteiger partial charge in [-0.3, -0.25) is 4.21 Å². The lowest BCUT2D eigenvalue weighted by molar-refractivity contribution is 0.536. The van der Waals surface area contributed by atoms with Crippen molar-refractivity contribution in [3.63, 3.8) is 0 Å². The zero-order valence-corrected chi connectivity index (χ0v) is 16.2.